The van der Waals surface area contributed by atoms with Crippen molar-refractivity contribution in [3.63, 3.8) is 0 Å². The fourth-order valence-corrected chi connectivity index (χ4v) is 2.33. The molecule has 1 amide bonds. The van der Waals surface area contributed by atoms with Gasteiger partial charge in [0.25, 0.3) is 5.91 Å². The van der Waals surface area contributed by atoms with Crippen molar-refractivity contribution in [2.24, 2.45) is 0 Å². The largest absolute Gasteiger partial charge is 0.295 e. The van der Waals surface area contributed by atoms with Crippen molar-refractivity contribution in [3.05, 3.63) is 46.1 Å². The molecule has 0 spiro atoms. The highest BCUT2D eigenvalue weighted by Gasteiger charge is 2.13. The van der Waals surface area contributed by atoms with Crippen molar-refractivity contribution < 1.29 is 4.79 Å². The summed E-state index contributed by atoms with van der Waals surface area (Å²) in [6.45, 7) is 0. The van der Waals surface area contributed by atoms with Gasteiger partial charge in [-0.15, -0.1) is 15.3 Å². The molecule has 1 N–H and O–H groups in total. The Hall–Kier alpha value is -2.13. The summed E-state index contributed by atoms with van der Waals surface area (Å²) in [6.07, 6.45) is 1.55. The van der Waals surface area contributed by atoms with Crippen LogP contribution in [0.2, 0.25) is 0 Å². The maximum atomic E-state index is 11.9. The number of carbonyl (C=O) groups excluding carboxylic acids is 1. The topological polar surface area (TPSA) is 85.6 Å². The van der Waals surface area contributed by atoms with Crippen LogP contribution in [-0.2, 0) is 0 Å². The van der Waals surface area contributed by atoms with Crippen LogP contribution in [0.3, 0.4) is 0 Å². The van der Waals surface area contributed by atoms with Crippen molar-refractivity contribution >= 4 is 38.3 Å². The SMILES string of the molecule is O=C(Nc1nncs1)c1cn(-c2cccc(Br)c2)nn1. The quantitative estimate of drug-likeness (QED) is 0.781. The number of anilines is 1. The lowest BCUT2D eigenvalue weighted by Gasteiger charge is -1.99. The molecule has 0 saturated carbocycles. The zero-order valence-electron chi connectivity index (χ0n) is 9.89. The Morgan fingerprint density at radius 1 is 1.35 bits per heavy atom. The minimum atomic E-state index is -0.372. The average Bonchev–Trinajstić information content (AvgIpc) is 3.09. The summed E-state index contributed by atoms with van der Waals surface area (Å²) in [5, 5.41) is 18.2. The first-order valence-corrected chi connectivity index (χ1v) is 7.15. The molecule has 0 unspecified atom stereocenters. The molecule has 0 bridgehead atoms. The second-order valence-electron chi connectivity index (χ2n) is 3.73. The predicted molar refractivity (Wildman–Crippen MR) is 76.9 cm³/mol. The van der Waals surface area contributed by atoms with E-state index in [1.807, 2.05) is 24.3 Å². The summed E-state index contributed by atoms with van der Waals surface area (Å²) in [6, 6.07) is 7.53. The number of nitrogens with zero attached hydrogens (tertiary/aromatic N) is 5. The molecule has 7 nitrogen and oxygen atoms in total. The third kappa shape index (κ3) is 2.73. The lowest BCUT2D eigenvalue weighted by Crippen LogP contribution is -2.12. The van der Waals surface area contributed by atoms with E-state index in [-0.39, 0.29) is 11.6 Å². The van der Waals surface area contributed by atoms with E-state index in [0.29, 0.717) is 5.13 Å². The van der Waals surface area contributed by atoms with Gasteiger partial charge in [0.15, 0.2) is 5.69 Å². The van der Waals surface area contributed by atoms with Crippen LogP contribution in [0.1, 0.15) is 10.5 Å². The molecule has 0 atom stereocenters. The van der Waals surface area contributed by atoms with Gasteiger partial charge in [0.05, 0.1) is 11.9 Å². The highest BCUT2D eigenvalue weighted by Crippen LogP contribution is 2.15. The van der Waals surface area contributed by atoms with Crippen LogP contribution in [0, 0.1) is 0 Å². The fourth-order valence-electron chi connectivity index (χ4n) is 1.50. The third-order valence-corrected chi connectivity index (χ3v) is 3.48. The van der Waals surface area contributed by atoms with Crippen LogP contribution in [-0.4, -0.2) is 31.1 Å². The summed E-state index contributed by atoms with van der Waals surface area (Å²) in [7, 11) is 0. The molecule has 100 valence electrons. The van der Waals surface area contributed by atoms with Crippen LogP contribution < -0.4 is 5.32 Å². The number of rotatable bonds is 3. The molecular weight excluding hydrogens is 344 g/mol. The molecule has 0 aliphatic rings. The Morgan fingerprint density at radius 2 is 2.25 bits per heavy atom. The Morgan fingerprint density at radius 3 is 3.00 bits per heavy atom. The van der Waals surface area contributed by atoms with Gasteiger partial charge in [-0.25, -0.2) is 4.68 Å². The molecule has 9 heteroatoms. The number of hydrogen-bond donors (Lipinski definition) is 1. The van der Waals surface area contributed by atoms with Gasteiger partial charge in [-0.2, -0.15) is 0 Å². The van der Waals surface area contributed by atoms with Crippen LogP contribution in [0.15, 0.2) is 40.4 Å². The van der Waals surface area contributed by atoms with Crippen LogP contribution in [0.4, 0.5) is 5.13 Å². The lowest BCUT2D eigenvalue weighted by molar-refractivity contribution is 0.102. The minimum absolute atomic E-state index is 0.208. The second-order valence-corrected chi connectivity index (χ2v) is 5.48. The van der Waals surface area contributed by atoms with Crippen LogP contribution in [0.25, 0.3) is 5.69 Å². The third-order valence-electron chi connectivity index (χ3n) is 2.38. The summed E-state index contributed by atoms with van der Waals surface area (Å²) in [5.41, 5.74) is 2.55. The Kier molecular flexibility index (Phi) is 3.52. The van der Waals surface area contributed by atoms with Crippen molar-refractivity contribution in [2.75, 3.05) is 5.32 Å². The number of nitrogens with one attached hydrogen (secondary N) is 1. The number of aromatic nitrogens is 5. The molecule has 20 heavy (non-hydrogen) atoms. The molecule has 3 aromatic rings. The van der Waals surface area contributed by atoms with E-state index in [0.717, 1.165) is 10.2 Å². The maximum absolute atomic E-state index is 11.9. The molecular formula is C11H7BrN6OS. The van der Waals surface area contributed by atoms with Gasteiger partial charge in [-0.1, -0.05) is 38.5 Å². The Balaban J connectivity index is 1.81. The molecule has 0 aliphatic carbocycles. The van der Waals surface area contributed by atoms with E-state index in [4.69, 9.17) is 0 Å². The minimum Gasteiger partial charge on any atom is -0.295 e. The zero-order valence-corrected chi connectivity index (χ0v) is 12.3. The Bertz CT molecular complexity index is 741. The van der Waals surface area contributed by atoms with Gasteiger partial charge in [0.1, 0.15) is 5.51 Å². The first kappa shape index (κ1) is 12.9. The summed E-state index contributed by atoms with van der Waals surface area (Å²) in [5.74, 6) is -0.372. The highest BCUT2D eigenvalue weighted by molar-refractivity contribution is 9.10. The first-order chi connectivity index (χ1) is 9.72. The van der Waals surface area contributed by atoms with E-state index >= 15 is 0 Å². The van der Waals surface area contributed by atoms with Gasteiger partial charge in [0, 0.05) is 4.47 Å². The number of halogens is 1. The van der Waals surface area contributed by atoms with Crippen molar-refractivity contribution in [3.8, 4) is 5.69 Å². The molecule has 0 saturated heterocycles. The van der Waals surface area contributed by atoms with Crippen LogP contribution in [0.5, 0.6) is 0 Å². The van der Waals surface area contributed by atoms with E-state index in [2.05, 4.69) is 41.8 Å². The standard InChI is InChI=1S/C11H7BrN6OS/c12-7-2-1-3-8(4-7)18-5-9(15-17-18)10(19)14-11-16-13-6-20-11/h1-6H,(H,14,16,19). The highest BCUT2D eigenvalue weighted by atomic mass is 79.9. The molecule has 0 radical (unpaired) electrons. The molecule has 2 aromatic heterocycles. The molecule has 2 heterocycles. The molecule has 1 aromatic carbocycles. The normalized spacial score (nSPS) is 10.4. The van der Waals surface area contributed by atoms with Gasteiger partial charge >= 0.3 is 0 Å². The number of hydrogen-bond acceptors (Lipinski definition) is 6. The number of carbonyl (C=O) groups is 1. The zero-order chi connectivity index (χ0) is 13.9. The fraction of sp³-hybridized carbons (Fsp3) is 0. The number of benzene rings is 1. The first-order valence-electron chi connectivity index (χ1n) is 5.48. The summed E-state index contributed by atoms with van der Waals surface area (Å²) >= 11 is 4.62. The van der Waals surface area contributed by atoms with Gasteiger partial charge in [0.2, 0.25) is 5.13 Å². The molecule has 0 fully saturated rings. The van der Waals surface area contributed by atoms with E-state index < -0.39 is 0 Å². The van der Waals surface area contributed by atoms with Crippen molar-refractivity contribution in [1.29, 1.82) is 0 Å². The van der Waals surface area contributed by atoms with Gasteiger partial charge in [-0.3, -0.25) is 10.1 Å². The average molecular weight is 351 g/mol. The number of amides is 1. The van der Waals surface area contributed by atoms with E-state index in [1.165, 1.54) is 21.5 Å². The van der Waals surface area contributed by atoms with Crippen molar-refractivity contribution in [1.82, 2.24) is 25.2 Å². The van der Waals surface area contributed by atoms with Crippen molar-refractivity contribution in [2.45, 2.75) is 0 Å². The summed E-state index contributed by atoms with van der Waals surface area (Å²) < 4.78 is 2.45. The van der Waals surface area contributed by atoms with E-state index in [1.54, 1.807) is 6.20 Å². The second kappa shape index (κ2) is 5.47. The smallest absolute Gasteiger partial charge is 0.279 e. The molecule has 0 aliphatic heterocycles. The van der Waals surface area contributed by atoms with Crippen LogP contribution >= 0.6 is 27.3 Å². The summed E-state index contributed by atoms with van der Waals surface area (Å²) in [4.78, 5) is 11.9. The lowest BCUT2D eigenvalue weighted by atomic mass is 10.3. The maximum Gasteiger partial charge on any atom is 0.279 e. The molecule has 3 rings (SSSR count). The predicted octanol–water partition coefficient (Wildman–Crippen LogP) is 2.13. The van der Waals surface area contributed by atoms with Gasteiger partial charge in [-0.05, 0) is 18.2 Å². The van der Waals surface area contributed by atoms with Gasteiger partial charge < -0.3 is 0 Å². The van der Waals surface area contributed by atoms with E-state index in [9.17, 15) is 4.79 Å². The Labute approximate surface area is 125 Å². The monoisotopic (exact) mass is 350 g/mol.